The summed E-state index contributed by atoms with van der Waals surface area (Å²) < 4.78 is 0. The molecule has 0 saturated carbocycles. The van der Waals surface area contributed by atoms with Gasteiger partial charge in [0.25, 0.3) is 0 Å². The lowest BCUT2D eigenvalue weighted by atomic mass is 10.0. The van der Waals surface area contributed by atoms with Crippen molar-refractivity contribution in [3.05, 3.63) is 29.8 Å². The summed E-state index contributed by atoms with van der Waals surface area (Å²) in [5.74, 6) is -5.35. The Morgan fingerprint density at radius 1 is 0.838 bits per heavy atom. The Morgan fingerprint density at radius 3 is 1.89 bits per heavy atom. The molecular formula is C24H37N5O8. The smallest absolute Gasteiger partial charge is 0.326 e. The highest BCUT2D eigenvalue weighted by Crippen LogP contribution is 2.13. The van der Waals surface area contributed by atoms with Gasteiger partial charge >= 0.3 is 11.9 Å². The topological polar surface area (TPSA) is 234 Å². The fourth-order valence-electron chi connectivity index (χ4n) is 3.33. The van der Waals surface area contributed by atoms with Gasteiger partial charge in [-0.25, -0.2) is 4.79 Å². The van der Waals surface area contributed by atoms with Crippen molar-refractivity contribution in [3.63, 3.8) is 0 Å². The van der Waals surface area contributed by atoms with Crippen LogP contribution in [0.1, 0.15) is 45.1 Å². The minimum absolute atomic E-state index is 0.0105. The third-order valence-corrected chi connectivity index (χ3v) is 5.60. The first kappa shape index (κ1) is 31.3. The highest BCUT2D eigenvalue weighted by atomic mass is 16.4. The molecule has 0 aliphatic heterocycles. The molecule has 37 heavy (non-hydrogen) atoms. The number of nitrogens with one attached hydrogen (secondary N) is 3. The molecule has 0 fully saturated rings. The number of nitrogens with two attached hydrogens (primary N) is 2. The summed E-state index contributed by atoms with van der Waals surface area (Å²) in [5, 5.41) is 35.0. The van der Waals surface area contributed by atoms with E-state index in [2.05, 4.69) is 16.0 Å². The number of amides is 3. The minimum atomic E-state index is -1.70. The zero-order valence-electron chi connectivity index (χ0n) is 21.0. The van der Waals surface area contributed by atoms with Gasteiger partial charge in [0.05, 0.1) is 12.5 Å². The van der Waals surface area contributed by atoms with Crippen LogP contribution in [0, 0.1) is 5.92 Å². The van der Waals surface area contributed by atoms with Gasteiger partial charge in [-0.15, -0.1) is 0 Å². The van der Waals surface area contributed by atoms with Crippen molar-refractivity contribution in [1.29, 1.82) is 0 Å². The second-order valence-electron chi connectivity index (χ2n) is 9.04. The Kier molecular flexibility index (Phi) is 13.0. The number of aliphatic carboxylic acids is 2. The summed E-state index contributed by atoms with van der Waals surface area (Å²) in [4.78, 5) is 61.1. The number of rotatable bonds is 16. The van der Waals surface area contributed by atoms with Gasteiger partial charge in [0.2, 0.25) is 17.7 Å². The standard InChI is InChI=1S/C24H37N5O8/c1-13(2)20(26)23(35)28-17(11-14-6-8-15(30)9-7-14)22(34)27-16(5-3-4-10-25)21(33)29-18(24(36)37)12-19(31)32/h6-9,13,16-18,20,30H,3-5,10-12,25-26H2,1-2H3,(H,27,34)(H,28,35)(H,29,33)(H,31,32)(H,36,37). The molecule has 4 unspecified atom stereocenters. The van der Waals surface area contributed by atoms with E-state index in [0.717, 1.165) is 0 Å². The Labute approximate surface area is 215 Å². The molecule has 3 amide bonds. The molecule has 0 bridgehead atoms. The first-order valence-electron chi connectivity index (χ1n) is 11.9. The molecule has 13 nitrogen and oxygen atoms in total. The summed E-state index contributed by atoms with van der Waals surface area (Å²) >= 11 is 0. The molecule has 1 aromatic rings. The van der Waals surface area contributed by atoms with Crippen LogP contribution >= 0.6 is 0 Å². The zero-order valence-corrected chi connectivity index (χ0v) is 21.0. The van der Waals surface area contributed by atoms with Crippen LogP contribution in [0.3, 0.4) is 0 Å². The number of benzene rings is 1. The fraction of sp³-hybridized carbons (Fsp3) is 0.542. The molecule has 4 atom stereocenters. The molecule has 0 heterocycles. The number of unbranched alkanes of at least 4 members (excludes halogenated alkanes) is 1. The van der Waals surface area contributed by atoms with E-state index in [9.17, 15) is 34.2 Å². The third-order valence-electron chi connectivity index (χ3n) is 5.60. The van der Waals surface area contributed by atoms with E-state index >= 15 is 0 Å². The van der Waals surface area contributed by atoms with Crippen LogP contribution in [-0.4, -0.2) is 75.7 Å². The monoisotopic (exact) mass is 523 g/mol. The molecule has 1 aromatic carbocycles. The van der Waals surface area contributed by atoms with Gasteiger partial charge in [0.1, 0.15) is 23.9 Å². The zero-order chi connectivity index (χ0) is 28.1. The SMILES string of the molecule is CC(C)C(N)C(=O)NC(Cc1ccc(O)cc1)C(=O)NC(CCCCN)C(=O)NC(CC(=O)O)C(=O)O. The van der Waals surface area contributed by atoms with Gasteiger partial charge in [0, 0.05) is 6.42 Å². The van der Waals surface area contributed by atoms with Gasteiger partial charge in [0.15, 0.2) is 0 Å². The number of aromatic hydroxyl groups is 1. The molecule has 0 radical (unpaired) electrons. The molecule has 1 rings (SSSR count). The molecule has 13 heteroatoms. The number of hydrogen-bond acceptors (Lipinski definition) is 8. The Hall–Kier alpha value is -3.71. The van der Waals surface area contributed by atoms with Gasteiger partial charge in [-0.2, -0.15) is 0 Å². The number of carbonyl (C=O) groups is 5. The summed E-state index contributed by atoms with van der Waals surface area (Å²) in [6.45, 7) is 3.81. The van der Waals surface area contributed by atoms with E-state index in [4.69, 9.17) is 16.6 Å². The van der Waals surface area contributed by atoms with Gasteiger partial charge in [-0.05, 0) is 49.4 Å². The molecule has 0 saturated heterocycles. The van der Waals surface area contributed by atoms with Crippen LogP contribution in [0.15, 0.2) is 24.3 Å². The van der Waals surface area contributed by atoms with Crippen LogP contribution in [0.4, 0.5) is 0 Å². The van der Waals surface area contributed by atoms with Gasteiger partial charge in [-0.1, -0.05) is 26.0 Å². The molecular weight excluding hydrogens is 486 g/mol. The number of carbonyl (C=O) groups excluding carboxylic acids is 3. The maximum absolute atomic E-state index is 13.3. The number of phenolic OH excluding ortho intramolecular Hbond substituents is 1. The van der Waals surface area contributed by atoms with Crippen molar-refractivity contribution in [1.82, 2.24) is 16.0 Å². The summed E-state index contributed by atoms with van der Waals surface area (Å²) in [7, 11) is 0. The summed E-state index contributed by atoms with van der Waals surface area (Å²) in [5.41, 5.74) is 12.0. The van der Waals surface area contributed by atoms with Crippen LogP contribution in [0.25, 0.3) is 0 Å². The Morgan fingerprint density at radius 2 is 1.38 bits per heavy atom. The van der Waals surface area contributed by atoms with Crippen molar-refractivity contribution in [2.75, 3.05) is 6.54 Å². The predicted octanol–water partition coefficient (Wildman–Crippen LogP) is -0.939. The number of phenols is 1. The second kappa shape index (κ2) is 15.4. The highest BCUT2D eigenvalue weighted by Gasteiger charge is 2.31. The Balaban J connectivity index is 3.15. The maximum atomic E-state index is 13.3. The lowest BCUT2D eigenvalue weighted by Gasteiger charge is -2.26. The van der Waals surface area contributed by atoms with Crippen molar-refractivity contribution >= 4 is 29.7 Å². The maximum Gasteiger partial charge on any atom is 0.326 e. The predicted molar refractivity (Wildman–Crippen MR) is 133 cm³/mol. The average molecular weight is 524 g/mol. The fourth-order valence-corrected chi connectivity index (χ4v) is 3.33. The van der Waals surface area contributed by atoms with E-state index in [1.54, 1.807) is 26.0 Å². The van der Waals surface area contributed by atoms with E-state index in [0.29, 0.717) is 24.9 Å². The van der Waals surface area contributed by atoms with Gasteiger partial charge in [-0.3, -0.25) is 19.2 Å². The van der Waals surface area contributed by atoms with Gasteiger partial charge < -0.3 is 42.7 Å². The van der Waals surface area contributed by atoms with Crippen molar-refractivity contribution in [3.8, 4) is 5.75 Å². The first-order valence-corrected chi connectivity index (χ1v) is 11.9. The van der Waals surface area contributed by atoms with E-state index in [1.165, 1.54) is 12.1 Å². The van der Waals surface area contributed by atoms with E-state index in [-0.39, 0.29) is 24.5 Å². The van der Waals surface area contributed by atoms with Crippen LogP contribution in [0.5, 0.6) is 5.75 Å². The molecule has 0 aliphatic carbocycles. The molecule has 206 valence electrons. The average Bonchev–Trinajstić information content (AvgIpc) is 2.82. The number of carboxylic acid groups (broad SMARTS) is 2. The summed E-state index contributed by atoms with van der Waals surface area (Å²) in [6, 6.07) is 1.01. The van der Waals surface area contributed by atoms with Crippen molar-refractivity contribution < 1.29 is 39.3 Å². The lowest BCUT2D eigenvalue weighted by molar-refractivity contribution is -0.147. The highest BCUT2D eigenvalue weighted by molar-refractivity contribution is 5.94. The van der Waals surface area contributed by atoms with Crippen LogP contribution in [0.2, 0.25) is 0 Å². The van der Waals surface area contributed by atoms with Crippen molar-refractivity contribution in [2.45, 2.75) is 70.1 Å². The largest absolute Gasteiger partial charge is 0.508 e. The van der Waals surface area contributed by atoms with Crippen molar-refractivity contribution in [2.24, 2.45) is 17.4 Å². The third kappa shape index (κ3) is 11.3. The van der Waals surface area contributed by atoms with Crippen LogP contribution in [-0.2, 0) is 30.4 Å². The van der Waals surface area contributed by atoms with Crippen LogP contribution < -0.4 is 27.4 Å². The molecule has 0 aromatic heterocycles. The quantitative estimate of drug-likeness (QED) is 0.124. The first-order chi connectivity index (χ1) is 17.3. The Bertz CT molecular complexity index is 938. The molecule has 0 aliphatic rings. The summed E-state index contributed by atoms with van der Waals surface area (Å²) in [6.07, 6.45) is 0.195. The van der Waals surface area contributed by atoms with E-state index in [1.807, 2.05) is 0 Å². The normalized spacial score (nSPS) is 14.2. The molecule has 10 N–H and O–H groups in total. The molecule has 0 spiro atoms. The number of carboxylic acids is 2. The lowest BCUT2D eigenvalue weighted by Crippen LogP contribution is -2.58. The second-order valence-corrected chi connectivity index (χ2v) is 9.04. The minimum Gasteiger partial charge on any atom is -0.508 e. The number of hydrogen-bond donors (Lipinski definition) is 8. The van der Waals surface area contributed by atoms with E-state index < -0.39 is 60.2 Å².